The van der Waals surface area contributed by atoms with Crippen molar-refractivity contribution < 1.29 is 9.53 Å². The highest BCUT2D eigenvalue weighted by atomic mass is 32.2. The molecule has 1 aromatic heterocycles. The van der Waals surface area contributed by atoms with E-state index < -0.39 is 0 Å². The molecule has 1 heterocycles. The smallest absolute Gasteiger partial charge is 0.318 e. The van der Waals surface area contributed by atoms with Crippen LogP contribution >= 0.6 is 23.1 Å². The van der Waals surface area contributed by atoms with Gasteiger partial charge in [0.25, 0.3) is 0 Å². The molecule has 3 nitrogen and oxygen atoms in total. The Kier molecular flexibility index (Phi) is 7.75. The fourth-order valence-corrected chi connectivity index (χ4v) is 5.20. The van der Waals surface area contributed by atoms with Gasteiger partial charge in [0.2, 0.25) is 0 Å². The Bertz CT molecular complexity index is 1070. The van der Waals surface area contributed by atoms with Gasteiger partial charge in [0, 0.05) is 4.90 Å². The second kappa shape index (κ2) is 11.1. The van der Waals surface area contributed by atoms with E-state index in [-0.39, 0.29) is 12.4 Å². The van der Waals surface area contributed by atoms with Crippen LogP contribution in [0, 0.1) is 0 Å². The average Bonchev–Trinajstić information content (AvgIpc) is 3.20. The SMILES string of the molecule is O=C(Cc1nc2ccccc2s1)Oc1ccc(SCCCCCc2ccccc2)cc1. The molecular weight excluding hydrogens is 422 g/mol. The van der Waals surface area contributed by atoms with E-state index in [2.05, 4.69) is 35.3 Å². The van der Waals surface area contributed by atoms with Crippen LogP contribution < -0.4 is 4.74 Å². The zero-order chi connectivity index (χ0) is 21.3. The number of hydrogen-bond acceptors (Lipinski definition) is 5. The minimum absolute atomic E-state index is 0.193. The first-order valence-electron chi connectivity index (χ1n) is 10.6. The number of carbonyl (C=O) groups is 1. The number of hydrogen-bond donors (Lipinski definition) is 0. The quantitative estimate of drug-likeness (QED) is 0.114. The Morgan fingerprint density at radius 1 is 0.871 bits per heavy atom. The minimum Gasteiger partial charge on any atom is -0.426 e. The van der Waals surface area contributed by atoms with Gasteiger partial charge < -0.3 is 4.74 Å². The number of fused-ring (bicyclic) bond motifs is 1. The molecule has 0 aliphatic heterocycles. The molecule has 0 fully saturated rings. The number of aromatic nitrogens is 1. The van der Waals surface area contributed by atoms with Crippen molar-refractivity contribution in [1.82, 2.24) is 4.98 Å². The summed E-state index contributed by atoms with van der Waals surface area (Å²) in [5.74, 6) is 1.40. The number of nitrogens with zero attached hydrogens (tertiary/aromatic N) is 1. The second-order valence-electron chi connectivity index (χ2n) is 7.34. The van der Waals surface area contributed by atoms with Gasteiger partial charge in [-0.1, -0.05) is 48.9 Å². The Morgan fingerprint density at radius 2 is 1.65 bits per heavy atom. The van der Waals surface area contributed by atoms with Crippen molar-refractivity contribution in [1.29, 1.82) is 0 Å². The molecule has 31 heavy (non-hydrogen) atoms. The number of esters is 1. The third-order valence-corrected chi connectivity index (χ3v) is 7.05. The van der Waals surface area contributed by atoms with Crippen LogP contribution in [0.25, 0.3) is 10.2 Å². The highest BCUT2D eigenvalue weighted by Gasteiger charge is 2.11. The van der Waals surface area contributed by atoms with Crippen LogP contribution in [0.15, 0.2) is 83.8 Å². The van der Waals surface area contributed by atoms with E-state index >= 15 is 0 Å². The lowest BCUT2D eigenvalue weighted by Crippen LogP contribution is -2.10. The molecule has 0 amide bonds. The van der Waals surface area contributed by atoms with Crippen LogP contribution in [0.3, 0.4) is 0 Å². The normalized spacial score (nSPS) is 11.0. The van der Waals surface area contributed by atoms with E-state index in [1.54, 1.807) is 0 Å². The maximum atomic E-state index is 12.3. The van der Waals surface area contributed by atoms with Gasteiger partial charge in [-0.2, -0.15) is 0 Å². The number of thiazole rings is 1. The van der Waals surface area contributed by atoms with Crippen LogP contribution in [0.5, 0.6) is 5.75 Å². The molecule has 0 bridgehead atoms. The summed E-state index contributed by atoms with van der Waals surface area (Å²) in [7, 11) is 0. The number of para-hydroxylation sites is 1. The number of ether oxygens (including phenoxy) is 1. The van der Waals surface area contributed by atoms with Gasteiger partial charge in [-0.05, 0) is 67.0 Å². The molecule has 4 aromatic rings. The standard InChI is InChI=1S/C26H25NO2S2/c28-26(19-25-27-23-12-6-7-13-24(23)31-25)29-21-14-16-22(17-15-21)30-18-8-2-5-11-20-9-3-1-4-10-20/h1,3-4,6-7,9-10,12-17H,2,5,8,11,18-19H2. The molecule has 0 radical (unpaired) electrons. The zero-order valence-corrected chi connectivity index (χ0v) is 19.0. The first-order valence-corrected chi connectivity index (χ1v) is 12.4. The molecule has 0 aliphatic rings. The van der Waals surface area contributed by atoms with Gasteiger partial charge in [-0.3, -0.25) is 4.79 Å². The third kappa shape index (κ3) is 6.68. The van der Waals surface area contributed by atoms with Gasteiger partial charge in [-0.25, -0.2) is 4.98 Å². The largest absolute Gasteiger partial charge is 0.426 e. The second-order valence-corrected chi connectivity index (χ2v) is 9.63. The monoisotopic (exact) mass is 447 g/mol. The van der Waals surface area contributed by atoms with Crippen LogP contribution in [-0.4, -0.2) is 16.7 Å². The van der Waals surface area contributed by atoms with Crippen molar-refractivity contribution in [3.05, 3.63) is 89.4 Å². The lowest BCUT2D eigenvalue weighted by Gasteiger charge is -2.05. The number of carbonyl (C=O) groups excluding carboxylic acids is 1. The molecule has 0 spiro atoms. The van der Waals surface area contributed by atoms with Gasteiger partial charge in [0.05, 0.1) is 16.6 Å². The molecule has 4 rings (SSSR count). The summed E-state index contributed by atoms with van der Waals surface area (Å²) in [6.45, 7) is 0. The lowest BCUT2D eigenvalue weighted by molar-refractivity contribution is -0.133. The summed E-state index contributed by atoms with van der Waals surface area (Å²) in [6, 6.07) is 26.4. The van der Waals surface area contributed by atoms with Gasteiger partial charge in [0.1, 0.15) is 10.8 Å². The van der Waals surface area contributed by atoms with E-state index in [1.807, 2.05) is 60.3 Å². The topological polar surface area (TPSA) is 39.2 Å². The van der Waals surface area contributed by atoms with Crippen molar-refractivity contribution in [2.24, 2.45) is 0 Å². The van der Waals surface area contributed by atoms with E-state index in [0.29, 0.717) is 5.75 Å². The Morgan fingerprint density at radius 3 is 2.45 bits per heavy atom. The lowest BCUT2D eigenvalue weighted by atomic mass is 10.1. The van der Waals surface area contributed by atoms with Crippen LogP contribution in [0.4, 0.5) is 0 Å². The fourth-order valence-electron chi connectivity index (χ4n) is 3.33. The van der Waals surface area contributed by atoms with Crippen molar-refractivity contribution in [3.63, 3.8) is 0 Å². The highest BCUT2D eigenvalue weighted by Crippen LogP contribution is 2.24. The van der Waals surface area contributed by atoms with Crippen LogP contribution in [-0.2, 0) is 17.6 Å². The maximum Gasteiger partial charge on any atom is 0.318 e. The van der Waals surface area contributed by atoms with Gasteiger partial charge in [0.15, 0.2) is 0 Å². The van der Waals surface area contributed by atoms with E-state index in [4.69, 9.17) is 4.74 Å². The van der Waals surface area contributed by atoms with Crippen molar-refractivity contribution >= 4 is 39.3 Å². The van der Waals surface area contributed by atoms with Gasteiger partial charge in [-0.15, -0.1) is 23.1 Å². The summed E-state index contributed by atoms with van der Waals surface area (Å²) in [5.41, 5.74) is 2.35. The first-order chi connectivity index (χ1) is 15.3. The maximum absolute atomic E-state index is 12.3. The van der Waals surface area contributed by atoms with Crippen molar-refractivity contribution in [3.8, 4) is 5.75 Å². The summed E-state index contributed by atoms with van der Waals surface area (Å²) in [5, 5.41) is 0.783. The molecule has 0 saturated heterocycles. The zero-order valence-electron chi connectivity index (χ0n) is 17.3. The molecule has 0 saturated carbocycles. The summed E-state index contributed by atoms with van der Waals surface area (Å²) >= 11 is 3.39. The van der Waals surface area contributed by atoms with Gasteiger partial charge >= 0.3 is 5.97 Å². The molecule has 3 aromatic carbocycles. The number of unbranched alkanes of at least 4 members (excludes halogenated alkanes) is 2. The predicted molar refractivity (Wildman–Crippen MR) is 130 cm³/mol. The molecule has 0 unspecified atom stereocenters. The number of benzene rings is 3. The Labute approximate surface area is 191 Å². The molecular formula is C26H25NO2S2. The summed E-state index contributed by atoms with van der Waals surface area (Å²) < 4.78 is 6.58. The highest BCUT2D eigenvalue weighted by molar-refractivity contribution is 7.99. The fraction of sp³-hybridized carbons (Fsp3) is 0.231. The average molecular weight is 448 g/mol. The first kappa shape index (κ1) is 21.6. The molecule has 0 N–H and O–H groups in total. The predicted octanol–water partition coefficient (Wildman–Crippen LogP) is 6.95. The minimum atomic E-state index is -0.280. The third-order valence-electron chi connectivity index (χ3n) is 4.91. The van der Waals surface area contributed by atoms with E-state index in [0.717, 1.165) is 27.4 Å². The number of rotatable bonds is 10. The Hall–Kier alpha value is -2.63. The molecule has 5 heteroatoms. The van der Waals surface area contributed by atoms with E-state index in [9.17, 15) is 4.79 Å². The van der Waals surface area contributed by atoms with Crippen molar-refractivity contribution in [2.75, 3.05) is 5.75 Å². The summed E-state index contributed by atoms with van der Waals surface area (Å²) in [4.78, 5) is 18.0. The summed E-state index contributed by atoms with van der Waals surface area (Å²) in [6.07, 6.45) is 5.02. The molecule has 158 valence electrons. The Balaban J connectivity index is 1.16. The van der Waals surface area contributed by atoms with Crippen LogP contribution in [0.1, 0.15) is 29.8 Å². The van der Waals surface area contributed by atoms with Crippen molar-refractivity contribution in [2.45, 2.75) is 37.0 Å². The molecule has 0 aliphatic carbocycles. The number of aryl methyl sites for hydroxylation is 1. The number of thioether (sulfide) groups is 1. The van der Waals surface area contributed by atoms with Crippen LogP contribution in [0.2, 0.25) is 0 Å². The van der Waals surface area contributed by atoms with E-state index in [1.165, 1.54) is 41.1 Å². The molecule has 0 atom stereocenters.